The van der Waals surface area contributed by atoms with E-state index in [0.29, 0.717) is 6.54 Å². The quantitative estimate of drug-likeness (QED) is 0.539. The highest BCUT2D eigenvalue weighted by Crippen LogP contribution is 1.95. The number of hydrogen-bond donors (Lipinski definition) is 2. The smallest absolute Gasteiger partial charge is 0.191 e. The molecule has 0 aliphatic carbocycles. The lowest BCUT2D eigenvalue weighted by Gasteiger charge is -2.17. The minimum Gasteiger partial charge on any atom is -0.357 e. The maximum Gasteiger partial charge on any atom is 0.191 e. The van der Waals surface area contributed by atoms with Crippen LogP contribution in [0.5, 0.6) is 0 Å². The van der Waals surface area contributed by atoms with Crippen LogP contribution in [0.25, 0.3) is 0 Å². The van der Waals surface area contributed by atoms with E-state index in [1.807, 2.05) is 18.2 Å². The van der Waals surface area contributed by atoms with Gasteiger partial charge in [0.25, 0.3) is 0 Å². The second-order valence-corrected chi connectivity index (χ2v) is 5.10. The number of nitrogens with one attached hydrogen (secondary N) is 2. The van der Waals surface area contributed by atoms with E-state index < -0.39 is 0 Å². The SMILES string of the molecule is CCCCN(C)CCNC(=NCc1ccccn1)NCC. The average molecular weight is 291 g/mol. The molecule has 5 nitrogen and oxygen atoms in total. The van der Waals surface area contributed by atoms with Crippen LogP contribution in [0.3, 0.4) is 0 Å². The summed E-state index contributed by atoms with van der Waals surface area (Å²) in [7, 11) is 2.16. The topological polar surface area (TPSA) is 52.5 Å². The zero-order valence-corrected chi connectivity index (χ0v) is 13.6. The van der Waals surface area contributed by atoms with E-state index >= 15 is 0 Å². The van der Waals surface area contributed by atoms with Crippen molar-refractivity contribution < 1.29 is 0 Å². The van der Waals surface area contributed by atoms with Gasteiger partial charge in [0.1, 0.15) is 0 Å². The fraction of sp³-hybridized carbons (Fsp3) is 0.625. The molecule has 0 atom stereocenters. The van der Waals surface area contributed by atoms with Crippen LogP contribution < -0.4 is 10.6 Å². The van der Waals surface area contributed by atoms with E-state index in [9.17, 15) is 0 Å². The summed E-state index contributed by atoms with van der Waals surface area (Å²) in [5.74, 6) is 0.854. The fourth-order valence-corrected chi connectivity index (χ4v) is 1.90. The number of aromatic nitrogens is 1. The Bertz CT molecular complexity index is 391. The first kappa shape index (κ1) is 17.4. The van der Waals surface area contributed by atoms with Crippen molar-refractivity contribution in [2.75, 3.05) is 33.2 Å². The van der Waals surface area contributed by atoms with Gasteiger partial charge in [-0.1, -0.05) is 19.4 Å². The molecule has 21 heavy (non-hydrogen) atoms. The number of nitrogens with zero attached hydrogens (tertiary/aromatic N) is 3. The first-order valence-corrected chi connectivity index (χ1v) is 7.86. The van der Waals surface area contributed by atoms with Crippen molar-refractivity contribution in [3.8, 4) is 0 Å². The monoisotopic (exact) mass is 291 g/mol. The second-order valence-electron chi connectivity index (χ2n) is 5.10. The molecule has 0 saturated heterocycles. The van der Waals surface area contributed by atoms with Crippen LogP contribution in [-0.4, -0.2) is 49.1 Å². The van der Waals surface area contributed by atoms with Crippen LogP contribution >= 0.6 is 0 Å². The molecule has 0 fully saturated rings. The van der Waals surface area contributed by atoms with Crippen molar-refractivity contribution >= 4 is 5.96 Å². The van der Waals surface area contributed by atoms with Crippen LogP contribution in [0.15, 0.2) is 29.4 Å². The molecule has 1 rings (SSSR count). The number of pyridine rings is 1. The Labute approximate surface area is 128 Å². The third-order valence-corrected chi connectivity index (χ3v) is 3.15. The lowest BCUT2D eigenvalue weighted by Crippen LogP contribution is -2.41. The molecule has 0 bridgehead atoms. The van der Waals surface area contributed by atoms with Gasteiger partial charge in [0, 0.05) is 25.8 Å². The molecular weight excluding hydrogens is 262 g/mol. The summed E-state index contributed by atoms with van der Waals surface area (Å²) in [6.07, 6.45) is 4.30. The lowest BCUT2D eigenvalue weighted by molar-refractivity contribution is 0.332. The average Bonchev–Trinajstić information content (AvgIpc) is 2.51. The summed E-state index contributed by atoms with van der Waals surface area (Å²) >= 11 is 0. The van der Waals surface area contributed by atoms with Crippen molar-refractivity contribution in [3.63, 3.8) is 0 Å². The molecular formula is C16H29N5. The van der Waals surface area contributed by atoms with E-state index in [4.69, 9.17) is 0 Å². The van der Waals surface area contributed by atoms with Crippen LogP contribution in [-0.2, 0) is 6.54 Å². The number of rotatable bonds is 9. The normalized spacial score (nSPS) is 11.7. The first-order valence-electron chi connectivity index (χ1n) is 7.86. The predicted molar refractivity (Wildman–Crippen MR) is 89.5 cm³/mol. The summed E-state index contributed by atoms with van der Waals surface area (Å²) in [5, 5.41) is 6.63. The number of guanidine groups is 1. The van der Waals surface area contributed by atoms with Crippen molar-refractivity contribution in [2.45, 2.75) is 33.2 Å². The Morgan fingerprint density at radius 1 is 1.24 bits per heavy atom. The number of likely N-dealkylation sites (N-methyl/N-ethyl adjacent to an activating group) is 1. The largest absolute Gasteiger partial charge is 0.357 e. The summed E-state index contributed by atoms with van der Waals surface area (Å²) in [4.78, 5) is 11.2. The third-order valence-electron chi connectivity index (χ3n) is 3.15. The number of aliphatic imine (C=N–C) groups is 1. The number of unbranched alkanes of at least 4 members (excludes halogenated alkanes) is 1. The predicted octanol–water partition coefficient (Wildman–Crippen LogP) is 1.87. The highest BCUT2D eigenvalue weighted by Gasteiger charge is 2.00. The molecule has 0 spiro atoms. The van der Waals surface area contributed by atoms with Gasteiger partial charge in [0.05, 0.1) is 12.2 Å². The Morgan fingerprint density at radius 2 is 2.10 bits per heavy atom. The maximum absolute atomic E-state index is 4.56. The Morgan fingerprint density at radius 3 is 2.76 bits per heavy atom. The molecule has 0 saturated carbocycles. The van der Waals surface area contributed by atoms with Crippen molar-refractivity contribution in [2.24, 2.45) is 4.99 Å². The summed E-state index contributed by atoms with van der Waals surface area (Å²) in [6.45, 7) is 8.83. The molecule has 118 valence electrons. The molecule has 1 aromatic rings. The van der Waals surface area contributed by atoms with Crippen LogP contribution in [0.1, 0.15) is 32.4 Å². The minimum absolute atomic E-state index is 0.599. The van der Waals surface area contributed by atoms with Gasteiger partial charge in [-0.15, -0.1) is 0 Å². The molecule has 0 unspecified atom stereocenters. The van der Waals surface area contributed by atoms with E-state index in [1.165, 1.54) is 12.8 Å². The molecule has 0 aliphatic rings. The molecule has 0 radical (unpaired) electrons. The molecule has 5 heteroatoms. The molecule has 1 heterocycles. The third kappa shape index (κ3) is 8.30. The molecule has 2 N–H and O–H groups in total. The van der Waals surface area contributed by atoms with E-state index in [1.54, 1.807) is 6.20 Å². The van der Waals surface area contributed by atoms with Crippen LogP contribution in [0.4, 0.5) is 0 Å². The minimum atomic E-state index is 0.599. The van der Waals surface area contributed by atoms with Gasteiger partial charge < -0.3 is 15.5 Å². The van der Waals surface area contributed by atoms with Gasteiger partial charge in [-0.3, -0.25) is 4.98 Å². The zero-order chi connectivity index (χ0) is 15.3. The van der Waals surface area contributed by atoms with Gasteiger partial charge >= 0.3 is 0 Å². The van der Waals surface area contributed by atoms with E-state index in [-0.39, 0.29) is 0 Å². The Balaban J connectivity index is 2.35. The van der Waals surface area contributed by atoms with Crippen molar-refractivity contribution in [3.05, 3.63) is 30.1 Å². The standard InChI is InChI=1S/C16H29N5/c1-4-6-12-21(3)13-11-19-16(17-5-2)20-14-15-9-7-8-10-18-15/h7-10H,4-6,11-14H2,1-3H3,(H2,17,19,20). The molecule has 0 aromatic carbocycles. The van der Waals surface area contributed by atoms with Crippen molar-refractivity contribution in [1.29, 1.82) is 0 Å². The van der Waals surface area contributed by atoms with Gasteiger partial charge in [0.15, 0.2) is 5.96 Å². The van der Waals surface area contributed by atoms with E-state index in [2.05, 4.69) is 46.4 Å². The zero-order valence-electron chi connectivity index (χ0n) is 13.6. The number of hydrogen-bond acceptors (Lipinski definition) is 3. The van der Waals surface area contributed by atoms with Gasteiger partial charge in [-0.25, -0.2) is 4.99 Å². The van der Waals surface area contributed by atoms with Gasteiger partial charge in [-0.05, 0) is 39.1 Å². The van der Waals surface area contributed by atoms with Crippen LogP contribution in [0.2, 0.25) is 0 Å². The molecule has 0 aliphatic heterocycles. The van der Waals surface area contributed by atoms with Crippen LogP contribution in [0, 0.1) is 0 Å². The summed E-state index contributed by atoms with van der Waals surface area (Å²) in [5.41, 5.74) is 0.981. The molecule has 1 aromatic heterocycles. The Kier molecular flexibility index (Phi) is 9.20. The van der Waals surface area contributed by atoms with E-state index in [0.717, 1.165) is 37.8 Å². The second kappa shape index (κ2) is 11.1. The highest BCUT2D eigenvalue weighted by molar-refractivity contribution is 5.79. The van der Waals surface area contributed by atoms with Crippen molar-refractivity contribution in [1.82, 2.24) is 20.5 Å². The van der Waals surface area contributed by atoms with Gasteiger partial charge in [0.2, 0.25) is 0 Å². The fourth-order valence-electron chi connectivity index (χ4n) is 1.90. The summed E-state index contributed by atoms with van der Waals surface area (Å²) < 4.78 is 0. The first-order chi connectivity index (χ1) is 10.3. The highest BCUT2D eigenvalue weighted by atomic mass is 15.2. The maximum atomic E-state index is 4.56. The lowest BCUT2D eigenvalue weighted by atomic mass is 10.3. The summed E-state index contributed by atoms with van der Waals surface area (Å²) in [6, 6.07) is 5.90. The molecule has 0 amide bonds. The van der Waals surface area contributed by atoms with Gasteiger partial charge in [-0.2, -0.15) is 0 Å². The Hall–Kier alpha value is -1.62.